The maximum Gasteiger partial charge on any atom is 0.344 e. The average molecular weight is 528 g/mol. The second-order valence-electron chi connectivity index (χ2n) is 7.60. The van der Waals surface area contributed by atoms with Gasteiger partial charge < -0.3 is 14.6 Å². The van der Waals surface area contributed by atoms with Crippen LogP contribution in [-0.2, 0) is 17.6 Å². The largest absolute Gasteiger partial charge is 0.493 e. The number of aryl methyl sites for hydroxylation is 1. The number of hydrogen-bond donors (Lipinski definition) is 1. The van der Waals surface area contributed by atoms with Crippen LogP contribution in [0, 0.1) is 0 Å². The number of carboxylic acids is 1. The highest BCUT2D eigenvalue weighted by atomic mass is 79.9. The van der Waals surface area contributed by atoms with Crippen LogP contribution < -0.4 is 15.0 Å². The first kappa shape index (κ1) is 25.2. The van der Waals surface area contributed by atoms with Crippen molar-refractivity contribution in [2.75, 3.05) is 7.11 Å². The van der Waals surface area contributed by atoms with E-state index in [1.54, 1.807) is 36.6 Å². The van der Waals surface area contributed by atoms with Crippen molar-refractivity contribution in [1.82, 2.24) is 9.66 Å². The number of ether oxygens (including phenoxy) is 2. The van der Waals surface area contributed by atoms with E-state index in [4.69, 9.17) is 9.47 Å². The van der Waals surface area contributed by atoms with E-state index in [-0.39, 0.29) is 5.56 Å². The zero-order valence-electron chi connectivity index (χ0n) is 19.2. The zero-order chi connectivity index (χ0) is 24.8. The molecule has 0 aliphatic heterocycles. The van der Waals surface area contributed by atoms with Crippen LogP contribution in [0.4, 0.5) is 0 Å². The molecule has 0 fully saturated rings. The first-order valence-electron chi connectivity index (χ1n) is 10.8. The molecule has 34 heavy (non-hydrogen) atoms. The summed E-state index contributed by atoms with van der Waals surface area (Å²) in [6, 6.07) is 8.85. The first-order chi connectivity index (χ1) is 16.3. The summed E-state index contributed by atoms with van der Waals surface area (Å²) in [6.45, 7) is 7.22. The molecule has 0 amide bonds. The summed E-state index contributed by atoms with van der Waals surface area (Å²) in [4.78, 5) is 29.1. The molecule has 1 heterocycles. The highest BCUT2D eigenvalue weighted by molar-refractivity contribution is 9.10. The Labute approximate surface area is 205 Å². The number of allylic oxidation sites excluding steroid dienone is 1. The van der Waals surface area contributed by atoms with E-state index in [9.17, 15) is 14.7 Å². The van der Waals surface area contributed by atoms with E-state index in [0.29, 0.717) is 52.2 Å². The van der Waals surface area contributed by atoms with Crippen molar-refractivity contribution < 1.29 is 19.4 Å². The Morgan fingerprint density at radius 2 is 2.12 bits per heavy atom. The minimum Gasteiger partial charge on any atom is -0.493 e. The highest BCUT2D eigenvalue weighted by Crippen LogP contribution is 2.34. The number of rotatable bonds is 10. The number of aromatic nitrogens is 2. The third-order valence-corrected chi connectivity index (χ3v) is 5.55. The van der Waals surface area contributed by atoms with Crippen molar-refractivity contribution in [2.24, 2.45) is 5.10 Å². The van der Waals surface area contributed by atoms with Gasteiger partial charge in [0.05, 0.1) is 24.2 Å². The van der Waals surface area contributed by atoms with Gasteiger partial charge in [-0.05, 0) is 55.7 Å². The van der Waals surface area contributed by atoms with Crippen molar-refractivity contribution in [3.05, 3.63) is 74.8 Å². The summed E-state index contributed by atoms with van der Waals surface area (Å²) in [7, 11) is 1.47. The number of hydrogen-bond acceptors (Lipinski definition) is 6. The molecule has 0 saturated carbocycles. The van der Waals surface area contributed by atoms with Crippen LogP contribution in [-0.4, -0.2) is 40.2 Å². The predicted octanol–water partition coefficient (Wildman–Crippen LogP) is 4.58. The number of aliphatic carboxylic acids is 1. The van der Waals surface area contributed by atoms with Gasteiger partial charge in [-0.15, -0.1) is 6.58 Å². The summed E-state index contributed by atoms with van der Waals surface area (Å²) in [5, 5.41) is 14.1. The average Bonchev–Trinajstić information content (AvgIpc) is 2.80. The highest BCUT2D eigenvalue weighted by Gasteiger charge is 2.19. The fourth-order valence-electron chi connectivity index (χ4n) is 3.40. The van der Waals surface area contributed by atoms with Crippen molar-refractivity contribution in [3.8, 4) is 11.5 Å². The van der Waals surface area contributed by atoms with E-state index in [1.165, 1.54) is 18.7 Å². The second kappa shape index (κ2) is 11.1. The van der Waals surface area contributed by atoms with Gasteiger partial charge in [0.2, 0.25) is 0 Å². The number of carbonyl (C=O) groups is 1. The topological polar surface area (TPSA) is 103 Å². The predicted molar refractivity (Wildman–Crippen MR) is 135 cm³/mol. The summed E-state index contributed by atoms with van der Waals surface area (Å²) < 4.78 is 13.2. The normalized spacial score (nSPS) is 12.1. The molecule has 1 aromatic heterocycles. The molecule has 2 aromatic carbocycles. The minimum absolute atomic E-state index is 0.264. The van der Waals surface area contributed by atoms with E-state index >= 15 is 0 Å². The Balaban J connectivity index is 2.11. The van der Waals surface area contributed by atoms with E-state index < -0.39 is 12.1 Å². The van der Waals surface area contributed by atoms with Crippen LogP contribution in [0.15, 0.2) is 57.4 Å². The number of methoxy groups -OCH3 is 1. The quantitative estimate of drug-likeness (QED) is 0.305. The van der Waals surface area contributed by atoms with Gasteiger partial charge in [-0.25, -0.2) is 9.78 Å². The van der Waals surface area contributed by atoms with Gasteiger partial charge in [-0.2, -0.15) is 9.78 Å². The molecule has 0 spiro atoms. The van der Waals surface area contributed by atoms with Gasteiger partial charge in [0.15, 0.2) is 17.6 Å². The van der Waals surface area contributed by atoms with Crippen molar-refractivity contribution in [3.63, 3.8) is 0 Å². The SMILES string of the molecule is C=CCc1cc(C=Nn2c(CCC)nc3ccc(Br)cc3c2=O)cc(OC)c1O[C@@H](C)C(=O)O. The first-order valence-corrected chi connectivity index (χ1v) is 11.5. The molecule has 0 aliphatic rings. The maximum absolute atomic E-state index is 13.2. The molecule has 0 bridgehead atoms. The third-order valence-electron chi connectivity index (χ3n) is 5.05. The summed E-state index contributed by atoms with van der Waals surface area (Å²) in [5.41, 5.74) is 1.69. The monoisotopic (exact) mass is 527 g/mol. The molecule has 9 heteroatoms. The third kappa shape index (κ3) is 5.53. The number of fused-ring (bicyclic) bond motifs is 1. The molecule has 0 radical (unpaired) electrons. The second-order valence-corrected chi connectivity index (χ2v) is 8.52. The van der Waals surface area contributed by atoms with Crippen LogP contribution in [0.25, 0.3) is 10.9 Å². The van der Waals surface area contributed by atoms with Gasteiger partial charge in [0, 0.05) is 16.5 Å². The molecule has 1 atom stereocenters. The lowest BCUT2D eigenvalue weighted by Gasteiger charge is -2.18. The van der Waals surface area contributed by atoms with Crippen LogP contribution in [0.2, 0.25) is 0 Å². The van der Waals surface area contributed by atoms with Crippen molar-refractivity contribution in [2.45, 2.75) is 39.2 Å². The Hall–Kier alpha value is -3.46. The lowest BCUT2D eigenvalue weighted by molar-refractivity contribution is -0.144. The van der Waals surface area contributed by atoms with Crippen LogP contribution in [0.1, 0.15) is 37.2 Å². The molecule has 3 rings (SSSR count). The maximum atomic E-state index is 13.2. The van der Waals surface area contributed by atoms with Crippen LogP contribution >= 0.6 is 15.9 Å². The Morgan fingerprint density at radius 3 is 2.76 bits per heavy atom. The number of carboxylic acid groups (broad SMARTS) is 1. The molecule has 0 saturated heterocycles. The molecule has 8 nitrogen and oxygen atoms in total. The molecular weight excluding hydrogens is 502 g/mol. The van der Waals surface area contributed by atoms with Gasteiger partial charge in [-0.1, -0.05) is 28.9 Å². The molecule has 178 valence electrons. The van der Waals surface area contributed by atoms with Gasteiger partial charge in [-0.3, -0.25) is 4.79 Å². The Kier molecular flexibility index (Phi) is 8.22. The summed E-state index contributed by atoms with van der Waals surface area (Å²) in [5.74, 6) is 0.161. The fourth-order valence-corrected chi connectivity index (χ4v) is 3.76. The van der Waals surface area contributed by atoms with E-state index in [1.807, 2.05) is 13.0 Å². The summed E-state index contributed by atoms with van der Waals surface area (Å²) >= 11 is 3.40. The lowest BCUT2D eigenvalue weighted by Crippen LogP contribution is -2.24. The standard InChI is InChI=1S/C25H26BrN3O5/c1-5-7-17-11-16(12-21(33-4)23(17)34-15(3)25(31)32)14-27-29-22(8-6-2)28-20-10-9-18(26)13-19(20)24(29)30/h5,9-15H,1,6-8H2,2-4H3,(H,31,32)/t15-/m0/s1. The molecule has 0 aliphatic carbocycles. The molecule has 3 aromatic rings. The minimum atomic E-state index is -1.09. The van der Waals surface area contributed by atoms with Crippen molar-refractivity contribution in [1.29, 1.82) is 0 Å². The smallest absolute Gasteiger partial charge is 0.344 e. The molecular formula is C25H26BrN3O5. The van der Waals surface area contributed by atoms with Crippen LogP contribution in [0.5, 0.6) is 11.5 Å². The Morgan fingerprint density at radius 1 is 1.35 bits per heavy atom. The van der Waals surface area contributed by atoms with Gasteiger partial charge >= 0.3 is 5.97 Å². The number of benzene rings is 2. The lowest BCUT2D eigenvalue weighted by atomic mass is 10.1. The van der Waals surface area contributed by atoms with E-state index in [0.717, 1.165) is 10.9 Å². The molecule has 0 unspecified atom stereocenters. The Bertz CT molecular complexity index is 1320. The van der Waals surface area contributed by atoms with E-state index in [2.05, 4.69) is 32.6 Å². The number of nitrogens with zero attached hydrogens (tertiary/aromatic N) is 3. The molecule has 1 N–H and O–H groups in total. The number of halogens is 1. The summed E-state index contributed by atoms with van der Waals surface area (Å²) in [6.07, 6.45) is 3.98. The van der Waals surface area contributed by atoms with Gasteiger partial charge in [0.25, 0.3) is 5.56 Å². The van der Waals surface area contributed by atoms with Gasteiger partial charge in [0.1, 0.15) is 5.82 Å². The van der Waals surface area contributed by atoms with Crippen molar-refractivity contribution >= 4 is 39.0 Å². The fraction of sp³-hybridized carbons (Fsp3) is 0.280. The zero-order valence-corrected chi connectivity index (χ0v) is 20.8. The van der Waals surface area contributed by atoms with Crippen LogP contribution in [0.3, 0.4) is 0 Å².